The molecule has 1 saturated heterocycles. The first kappa shape index (κ1) is 18.0. The number of hydrogen-bond donors (Lipinski definition) is 3. The quantitative estimate of drug-likeness (QED) is 0.309. The van der Waals surface area contributed by atoms with E-state index in [1.807, 2.05) is 27.7 Å². The van der Waals surface area contributed by atoms with E-state index >= 15 is 0 Å². The molecule has 1 aromatic rings. The molecule has 1 aliphatic rings. The Bertz CT molecular complexity index is 695. The van der Waals surface area contributed by atoms with Crippen molar-refractivity contribution in [3.05, 3.63) is 23.8 Å². The van der Waals surface area contributed by atoms with E-state index < -0.39 is 18.3 Å². The van der Waals surface area contributed by atoms with Gasteiger partial charge >= 0.3 is 7.12 Å². The van der Waals surface area contributed by atoms with Gasteiger partial charge in [0.05, 0.1) is 16.9 Å². The average molecular weight is 331 g/mol. The highest BCUT2D eigenvalue weighted by Crippen LogP contribution is 2.36. The van der Waals surface area contributed by atoms with Crippen molar-refractivity contribution in [3.63, 3.8) is 0 Å². The molecule has 24 heavy (non-hydrogen) atoms. The molecule has 0 saturated carbocycles. The number of carbonyl (C=O) groups excluding carboxylic acids is 1. The Morgan fingerprint density at radius 1 is 1.12 bits per heavy atom. The smallest absolute Gasteiger partial charge is 0.399 e. The molecule has 0 spiro atoms. The van der Waals surface area contributed by atoms with Gasteiger partial charge in [-0.3, -0.25) is 4.79 Å². The van der Waals surface area contributed by atoms with Gasteiger partial charge in [0.15, 0.2) is 12.2 Å². The fourth-order valence-corrected chi connectivity index (χ4v) is 2.18. The summed E-state index contributed by atoms with van der Waals surface area (Å²) in [6.45, 7) is 7.84. The molecule has 1 heterocycles. The number of aliphatic imine (C=N–C) groups is 2. The summed E-state index contributed by atoms with van der Waals surface area (Å²) in [6, 6.07) is 5.05. The lowest BCUT2D eigenvalue weighted by molar-refractivity contribution is 0.00578. The maximum absolute atomic E-state index is 11.4. The molecular formula is C15H22BN5O3. The van der Waals surface area contributed by atoms with E-state index in [1.54, 1.807) is 18.2 Å². The van der Waals surface area contributed by atoms with Crippen LogP contribution in [0.2, 0.25) is 0 Å². The van der Waals surface area contributed by atoms with Crippen LogP contribution >= 0.6 is 0 Å². The zero-order chi connectivity index (χ0) is 18.1. The Kier molecular flexibility index (Phi) is 4.68. The van der Waals surface area contributed by atoms with E-state index in [9.17, 15) is 4.79 Å². The third-order valence-electron chi connectivity index (χ3n) is 4.18. The van der Waals surface area contributed by atoms with Crippen LogP contribution in [0, 0.1) is 0 Å². The van der Waals surface area contributed by atoms with Crippen LogP contribution in [0.25, 0.3) is 0 Å². The van der Waals surface area contributed by atoms with Gasteiger partial charge in [-0.1, -0.05) is 6.07 Å². The predicted octanol–water partition coefficient (Wildman–Crippen LogP) is 0.0179. The standard InChI is InChI=1S/C15H22BN5O3/c1-14(2)15(3,4)24-16(23-14)10-5-6-11(9(7-10)8-22)20-13(19)21-12(17)18/h5-8H,1-4H3,(H6,17,18,19,20,21). The van der Waals surface area contributed by atoms with E-state index in [-0.39, 0.29) is 11.9 Å². The van der Waals surface area contributed by atoms with Gasteiger partial charge < -0.3 is 26.5 Å². The summed E-state index contributed by atoms with van der Waals surface area (Å²) in [4.78, 5) is 19.0. The first-order chi connectivity index (χ1) is 11.1. The van der Waals surface area contributed by atoms with Gasteiger partial charge in [0.1, 0.15) is 0 Å². The number of aldehydes is 1. The second kappa shape index (κ2) is 6.25. The van der Waals surface area contributed by atoms with Gasteiger partial charge in [-0.25, -0.2) is 4.99 Å². The summed E-state index contributed by atoms with van der Waals surface area (Å²) in [5.41, 5.74) is 16.6. The van der Waals surface area contributed by atoms with Gasteiger partial charge in [0, 0.05) is 5.56 Å². The lowest BCUT2D eigenvalue weighted by atomic mass is 9.78. The average Bonchev–Trinajstić information content (AvgIpc) is 2.66. The van der Waals surface area contributed by atoms with Crippen LogP contribution in [0.15, 0.2) is 28.2 Å². The van der Waals surface area contributed by atoms with Crippen molar-refractivity contribution >= 4 is 36.5 Å². The minimum atomic E-state index is -0.568. The summed E-state index contributed by atoms with van der Waals surface area (Å²) < 4.78 is 11.9. The highest BCUT2D eigenvalue weighted by atomic mass is 16.7. The molecule has 1 fully saturated rings. The molecule has 0 radical (unpaired) electrons. The van der Waals surface area contributed by atoms with Crippen molar-refractivity contribution in [1.29, 1.82) is 0 Å². The van der Waals surface area contributed by atoms with Crippen LogP contribution in [0.3, 0.4) is 0 Å². The second-order valence-electron chi connectivity index (χ2n) is 6.53. The molecule has 0 unspecified atom stereocenters. The number of carbonyl (C=O) groups is 1. The van der Waals surface area contributed by atoms with Gasteiger partial charge in [-0.2, -0.15) is 4.99 Å². The van der Waals surface area contributed by atoms with Crippen LogP contribution in [-0.2, 0) is 9.31 Å². The molecule has 2 rings (SSSR count). The number of benzene rings is 1. The Balaban J connectivity index is 2.34. The van der Waals surface area contributed by atoms with Crippen LogP contribution in [-0.4, -0.2) is 36.5 Å². The first-order valence-electron chi connectivity index (χ1n) is 7.44. The first-order valence-corrected chi connectivity index (χ1v) is 7.44. The Labute approximate surface area is 141 Å². The van der Waals surface area contributed by atoms with E-state index in [2.05, 4.69) is 9.98 Å². The molecule has 1 aromatic carbocycles. The predicted molar refractivity (Wildman–Crippen MR) is 94.6 cm³/mol. The molecule has 0 bridgehead atoms. The Morgan fingerprint density at radius 3 is 2.21 bits per heavy atom. The monoisotopic (exact) mass is 331 g/mol. The molecular weight excluding hydrogens is 309 g/mol. The molecule has 128 valence electrons. The van der Waals surface area contributed by atoms with Gasteiger partial charge in [-0.05, 0) is 45.3 Å². The maximum atomic E-state index is 11.4. The van der Waals surface area contributed by atoms with Crippen molar-refractivity contribution in [2.24, 2.45) is 27.2 Å². The van der Waals surface area contributed by atoms with Gasteiger partial charge in [0.25, 0.3) is 0 Å². The fraction of sp³-hybridized carbons (Fsp3) is 0.400. The molecule has 0 aliphatic carbocycles. The van der Waals surface area contributed by atoms with Crippen LogP contribution in [0.4, 0.5) is 5.69 Å². The number of guanidine groups is 2. The third-order valence-corrected chi connectivity index (χ3v) is 4.18. The summed E-state index contributed by atoms with van der Waals surface area (Å²) in [5.74, 6) is -0.348. The number of hydrogen-bond acceptors (Lipinski definition) is 4. The van der Waals surface area contributed by atoms with Gasteiger partial charge in [-0.15, -0.1) is 0 Å². The third kappa shape index (κ3) is 3.57. The van der Waals surface area contributed by atoms with Crippen molar-refractivity contribution in [2.45, 2.75) is 38.9 Å². The van der Waals surface area contributed by atoms with Crippen LogP contribution < -0.4 is 22.7 Å². The van der Waals surface area contributed by atoms with Crippen molar-refractivity contribution in [2.75, 3.05) is 0 Å². The number of rotatable bonds is 3. The van der Waals surface area contributed by atoms with E-state index in [4.69, 9.17) is 26.5 Å². The molecule has 1 aliphatic heterocycles. The molecule has 6 N–H and O–H groups in total. The number of nitrogens with zero attached hydrogens (tertiary/aromatic N) is 2. The van der Waals surface area contributed by atoms with Gasteiger partial charge in [0.2, 0.25) is 5.96 Å². The topological polar surface area (TPSA) is 138 Å². The van der Waals surface area contributed by atoms with Crippen LogP contribution in [0.1, 0.15) is 38.1 Å². The summed E-state index contributed by atoms with van der Waals surface area (Å²) >= 11 is 0. The van der Waals surface area contributed by atoms with E-state index in [0.29, 0.717) is 17.5 Å². The zero-order valence-corrected chi connectivity index (χ0v) is 14.2. The molecule has 8 nitrogen and oxygen atoms in total. The lowest BCUT2D eigenvalue weighted by Gasteiger charge is -2.32. The van der Waals surface area contributed by atoms with Crippen molar-refractivity contribution < 1.29 is 14.1 Å². The fourth-order valence-electron chi connectivity index (χ4n) is 2.18. The molecule has 9 heteroatoms. The lowest BCUT2D eigenvalue weighted by Crippen LogP contribution is -2.41. The van der Waals surface area contributed by atoms with Crippen LogP contribution in [0.5, 0.6) is 0 Å². The molecule has 0 amide bonds. The van der Waals surface area contributed by atoms with Crippen molar-refractivity contribution in [1.82, 2.24) is 0 Å². The van der Waals surface area contributed by atoms with E-state index in [0.717, 1.165) is 5.46 Å². The summed E-state index contributed by atoms with van der Waals surface area (Å²) in [6.07, 6.45) is 0.677. The molecule has 0 aromatic heterocycles. The molecule has 0 atom stereocenters. The Hall–Kier alpha value is -2.39. The highest BCUT2D eigenvalue weighted by molar-refractivity contribution is 6.62. The minimum absolute atomic E-state index is 0.138. The zero-order valence-electron chi connectivity index (χ0n) is 14.2. The Morgan fingerprint density at radius 2 is 1.71 bits per heavy atom. The SMILES string of the molecule is CC1(C)OB(c2ccc(N=C(N)N=C(N)N)c(C=O)c2)OC1(C)C. The largest absolute Gasteiger partial charge is 0.494 e. The minimum Gasteiger partial charge on any atom is -0.399 e. The van der Waals surface area contributed by atoms with Crippen molar-refractivity contribution in [3.8, 4) is 0 Å². The highest BCUT2D eigenvalue weighted by Gasteiger charge is 2.51. The maximum Gasteiger partial charge on any atom is 0.494 e. The second-order valence-corrected chi connectivity index (χ2v) is 6.53. The van der Waals surface area contributed by atoms with E-state index in [1.165, 1.54) is 0 Å². The number of nitrogens with two attached hydrogens (primary N) is 3. The summed E-state index contributed by atoms with van der Waals surface area (Å²) in [7, 11) is -0.568. The summed E-state index contributed by atoms with van der Waals surface area (Å²) in [5, 5.41) is 0. The normalized spacial score (nSPS) is 19.2.